The van der Waals surface area contributed by atoms with Crippen molar-refractivity contribution in [2.75, 3.05) is 6.54 Å². The van der Waals surface area contributed by atoms with Crippen LogP contribution in [0.1, 0.15) is 30.4 Å². The Labute approximate surface area is 192 Å². The average molecular weight is 461 g/mol. The SMILES string of the molecule is NC(=O)C(Cc1ccccc1)NC(=O)[C@@H](N)CCCCNC(=O)OCc1ccccc1Cl. The summed E-state index contributed by atoms with van der Waals surface area (Å²) in [6, 6.07) is 14.8. The van der Waals surface area contributed by atoms with Gasteiger partial charge in [0.2, 0.25) is 11.8 Å². The minimum Gasteiger partial charge on any atom is -0.445 e. The lowest BCUT2D eigenvalue weighted by molar-refractivity contribution is -0.128. The number of nitrogens with one attached hydrogen (secondary N) is 2. The third kappa shape index (κ3) is 8.95. The molecule has 0 spiro atoms. The number of nitrogens with two attached hydrogens (primary N) is 2. The Bertz CT molecular complexity index is 895. The Kier molecular flexibility index (Phi) is 10.5. The number of hydrogen-bond acceptors (Lipinski definition) is 5. The first kappa shape index (κ1) is 25.2. The lowest BCUT2D eigenvalue weighted by atomic mass is 10.0. The molecule has 0 heterocycles. The highest BCUT2D eigenvalue weighted by Crippen LogP contribution is 2.15. The van der Waals surface area contributed by atoms with Gasteiger partial charge in [0.05, 0.1) is 6.04 Å². The normalized spacial score (nSPS) is 12.4. The van der Waals surface area contributed by atoms with Crippen LogP contribution in [0.5, 0.6) is 0 Å². The molecule has 32 heavy (non-hydrogen) atoms. The number of benzene rings is 2. The minimum absolute atomic E-state index is 0.0839. The van der Waals surface area contributed by atoms with Gasteiger partial charge in [-0.1, -0.05) is 60.1 Å². The number of hydrogen-bond donors (Lipinski definition) is 4. The van der Waals surface area contributed by atoms with E-state index in [-0.39, 0.29) is 6.61 Å². The molecule has 2 aromatic carbocycles. The van der Waals surface area contributed by atoms with Crippen LogP contribution in [0.3, 0.4) is 0 Å². The first-order valence-electron chi connectivity index (χ1n) is 10.4. The highest BCUT2D eigenvalue weighted by atomic mass is 35.5. The van der Waals surface area contributed by atoms with Crippen molar-refractivity contribution in [3.05, 3.63) is 70.7 Å². The maximum Gasteiger partial charge on any atom is 0.407 e. The van der Waals surface area contributed by atoms with Crippen molar-refractivity contribution in [3.63, 3.8) is 0 Å². The predicted molar refractivity (Wildman–Crippen MR) is 123 cm³/mol. The van der Waals surface area contributed by atoms with E-state index in [0.717, 1.165) is 11.1 Å². The van der Waals surface area contributed by atoms with Crippen LogP contribution in [0, 0.1) is 0 Å². The summed E-state index contributed by atoms with van der Waals surface area (Å²) in [5, 5.41) is 5.80. The molecule has 0 saturated carbocycles. The van der Waals surface area contributed by atoms with E-state index in [1.165, 1.54) is 0 Å². The maximum atomic E-state index is 12.3. The molecule has 0 aliphatic rings. The van der Waals surface area contributed by atoms with E-state index in [0.29, 0.717) is 37.3 Å². The molecule has 0 aliphatic heterocycles. The molecule has 0 saturated heterocycles. The summed E-state index contributed by atoms with van der Waals surface area (Å²) in [6.07, 6.45) is 1.38. The van der Waals surface area contributed by atoms with E-state index >= 15 is 0 Å². The van der Waals surface area contributed by atoms with Gasteiger partial charge >= 0.3 is 6.09 Å². The van der Waals surface area contributed by atoms with Crippen LogP contribution in [0.2, 0.25) is 5.02 Å². The van der Waals surface area contributed by atoms with Gasteiger partial charge in [-0.3, -0.25) is 9.59 Å². The van der Waals surface area contributed by atoms with Gasteiger partial charge in [0.1, 0.15) is 12.6 Å². The second-order valence-electron chi connectivity index (χ2n) is 7.35. The molecular formula is C23H29ClN4O4. The van der Waals surface area contributed by atoms with Gasteiger partial charge in [0, 0.05) is 23.6 Å². The van der Waals surface area contributed by atoms with Crippen molar-refractivity contribution >= 4 is 29.5 Å². The van der Waals surface area contributed by atoms with Crippen molar-refractivity contribution in [2.45, 2.75) is 44.4 Å². The number of halogens is 1. The summed E-state index contributed by atoms with van der Waals surface area (Å²) in [7, 11) is 0. The third-order valence-corrected chi connectivity index (χ3v) is 5.18. The molecule has 3 amide bonds. The van der Waals surface area contributed by atoms with Gasteiger partial charge < -0.3 is 26.8 Å². The molecule has 2 aromatic rings. The quantitative estimate of drug-likeness (QED) is 0.360. The molecule has 0 aromatic heterocycles. The summed E-state index contributed by atoms with van der Waals surface area (Å²) < 4.78 is 5.12. The van der Waals surface area contributed by atoms with Crippen LogP contribution in [0.25, 0.3) is 0 Å². The molecular weight excluding hydrogens is 432 g/mol. The molecule has 6 N–H and O–H groups in total. The standard InChI is InChI=1S/C23H29ClN4O4/c24-18-11-5-4-10-17(18)15-32-23(31)27-13-7-6-12-19(25)22(30)28-20(21(26)29)14-16-8-2-1-3-9-16/h1-5,8-11,19-20H,6-7,12-15,25H2,(H2,26,29)(H,27,31)(H,28,30)/t19-,20?/m0/s1. The third-order valence-electron chi connectivity index (χ3n) is 4.81. The molecule has 0 bridgehead atoms. The second-order valence-corrected chi connectivity index (χ2v) is 7.76. The van der Waals surface area contributed by atoms with Gasteiger partial charge in [-0.05, 0) is 30.9 Å². The molecule has 2 rings (SSSR count). The van der Waals surface area contributed by atoms with Crippen molar-refractivity contribution in [1.82, 2.24) is 10.6 Å². The van der Waals surface area contributed by atoms with E-state index in [1.807, 2.05) is 36.4 Å². The monoisotopic (exact) mass is 460 g/mol. The number of amides is 3. The van der Waals surface area contributed by atoms with E-state index in [9.17, 15) is 14.4 Å². The zero-order valence-corrected chi connectivity index (χ0v) is 18.5. The van der Waals surface area contributed by atoms with Gasteiger partial charge in [-0.15, -0.1) is 0 Å². The molecule has 0 fully saturated rings. The molecule has 8 nitrogen and oxygen atoms in total. The largest absolute Gasteiger partial charge is 0.445 e. The number of rotatable bonds is 12. The minimum atomic E-state index is -0.828. The summed E-state index contributed by atoms with van der Waals surface area (Å²) in [5.74, 6) is -1.05. The highest BCUT2D eigenvalue weighted by molar-refractivity contribution is 6.31. The molecule has 9 heteroatoms. The summed E-state index contributed by atoms with van der Waals surface area (Å²) >= 11 is 6.02. The molecule has 172 valence electrons. The Morgan fingerprint density at radius 2 is 1.69 bits per heavy atom. The summed E-state index contributed by atoms with van der Waals surface area (Å²) in [5.41, 5.74) is 13.0. The molecule has 0 aliphatic carbocycles. The fraction of sp³-hybridized carbons (Fsp3) is 0.348. The van der Waals surface area contributed by atoms with Crippen LogP contribution in [-0.4, -0.2) is 36.5 Å². The fourth-order valence-electron chi connectivity index (χ4n) is 2.97. The molecule has 0 radical (unpaired) electrons. The zero-order valence-electron chi connectivity index (χ0n) is 17.8. The van der Waals surface area contributed by atoms with Crippen molar-refractivity contribution in [1.29, 1.82) is 0 Å². The van der Waals surface area contributed by atoms with Crippen LogP contribution < -0.4 is 22.1 Å². The van der Waals surface area contributed by atoms with E-state index in [2.05, 4.69) is 10.6 Å². The van der Waals surface area contributed by atoms with Crippen LogP contribution >= 0.6 is 11.6 Å². The van der Waals surface area contributed by atoms with Crippen molar-refractivity contribution in [2.24, 2.45) is 11.5 Å². The van der Waals surface area contributed by atoms with Crippen molar-refractivity contribution in [3.8, 4) is 0 Å². The molecule has 1 unspecified atom stereocenters. The average Bonchev–Trinajstić information content (AvgIpc) is 2.78. The lowest BCUT2D eigenvalue weighted by Crippen LogP contribution is -2.51. The van der Waals surface area contributed by atoms with Gasteiger partial charge in [0.25, 0.3) is 0 Å². The first-order chi connectivity index (χ1) is 15.4. The number of unbranched alkanes of at least 4 members (excludes halogenated alkanes) is 1. The molecule has 2 atom stereocenters. The van der Waals surface area contributed by atoms with Crippen LogP contribution in [0.15, 0.2) is 54.6 Å². The van der Waals surface area contributed by atoms with E-state index < -0.39 is 30.0 Å². The maximum absolute atomic E-state index is 12.3. The van der Waals surface area contributed by atoms with E-state index in [4.69, 9.17) is 27.8 Å². The number of alkyl carbamates (subject to hydrolysis) is 1. The Morgan fingerprint density at radius 3 is 2.38 bits per heavy atom. The number of carbonyl (C=O) groups is 3. The Balaban J connectivity index is 1.63. The Hall–Kier alpha value is -3.10. The van der Waals surface area contributed by atoms with E-state index in [1.54, 1.807) is 18.2 Å². The zero-order chi connectivity index (χ0) is 23.3. The first-order valence-corrected chi connectivity index (χ1v) is 10.8. The number of primary amides is 1. The smallest absolute Gasteiger partial charge is 0.407 e. The fourth-order valence-corrected chi connectivity index (χ4v) is 3.16. The second kappa shape index (κ2) is 13.3. The number of ether oxygens (including phenoxy) is 1. The van der Waals surface area contributed by atoms with Crippen molar-refractivity contribution < 1.29 is 19.1 Å². The van der Waals surface area contributed by atoms with Gasteiger partial charge in [0.15, 0.2) is 0 Å². The summed E-state index contributed by atoms with van der Waals surface area (Å²) in [6.45, 7) is 0.466. The van der Waals surface area contributed by atoms with Gasteiger partial charge in [-0.2, -0.15) is 0 Å². The van der Waals surface area contributed by atoms with Crippen LogP contribution in [0.4, 0.5) is 4.79 Å². The topological polar surface area (TPSA) is 137 Å². The summed E-state index contributed by atoms with van der Waals surface area (Å²) in [4.78, 5) is 35.8. The predicted octanol–water partition coefficient (Wildman–Crippen LogP) is 2.28. The van der Waals surface area contributed by atoms with Gasteiger partial charge in [-0.25, -0.2) is 4.79 Å². The lowest BCUT2D eigenvalue weighted by Gasteiger charge is -2.18. The Morgan fingerprint density at radius 1 is 1.00 bits per heavy atom. The van der Waals surface area contributed by atoms with Crippen LogP contribution in [-0.2, 0) is 27.4 Å². The highest BCUT2D eigenvalue weighted by Gasteiger charge is 2.22. The number of carbonyl (C=O) groups excluding carboxylic acids is 3.